The summed E-state index contributed by atoms with van der Waals surface area (Å²) >= 11 is 1.42. The van der Waals surface area contributed by atoms with Gasteiger partial charge >= 0.3 is 0 Å². The third-order valence-corrected chi connectivity index (χ3v) is 6.79. The molecule has 0 radical (unpaired) electrons. The molecule has 0 fully saturated rings. The number of thiophene rings is 1. The maximum Gasteiger partial charge on any atom is 0.251 e. The molecule has 3 amide bonds. The van der Waals surface area contributed by atoms with E-state index < -0.39 is 11.9 Å². The van der Waals surface area contributed by atoms with Gasteiger partial charge in [0.2, 0.25) is 11.8 Å². The normalized spacial score (nSPS) is 13.8. The second kappa shape index (κ2) is 8.97. The van der Waals surface area contributed by atoms with Crippen LogP contribution in [-0.2, 0) is 22.4 Å². The van der Waals surface area contributed by atoms with Gasteiger partial charge in [-0.25, -0.2) is 0 Å². The number of likely N-dealkylation sites (N-methyl/N-ethyl adjacent to an activating group) is 1. The fourth-order valence-electron chi connectivity index (χ4n) is 3.72. The molecule has 2 aromatic rings. The lowest BCUT2D eigenvalue weighted by Gasteiger charge is -2.23. The summed E-state index contributed by atoms with van der Waals surface area (Å²) in [5.74, 6) is -0.985. The number of nitrogens with one attached hydrogen (secondary N) is 2. The van der Waals surface area contributed by atoms with Crippen LogP contribution in [0.5, 0.6) is 0 Å². The van der Waals surface area contributed by atoms with Crippen molar-refractivity contribution < 1.29 is 14.4 Å². The molecule has 0 bridgehead atoms. The first-order valence-corrected chi connectivity index (χ1v) is 10.8. The Morgan fingerprint density at radius 3 is 2.47 bits per heavy atom. The Morgan fingerprint density at radius 1 is 1.17 bits per heavy atom. The van der Waals surface area contributed by atoms with Crippen LogP contribution in [0.4, 0.5) is 10.7 Å². The van der Waals surface area contributed by atoms with Crippen molar-refractivity contribution in [1.29, 1.82) is 0 Å². The summed E-state index contributed by atoms with van der Waals surface area (Å²) in [6, 6.07) is 5.26. The number of aryl methyl sites for hydroxylation is 3. The second-order valence-corrected chi connectivity index (χ2v) is 8.93. The predicted octanol–water partition coefficient (Wildman–Crippen LogP) is 2.85. The molecule has 1 aliphatic carbocycles. The molecule has 1 aliphatic rings. The summed E-state index contributed by atoms with van der Waals surface area (Å²) in [5.41, 5.74) is 9.74. The fourth-order valence-corrected chi connectivity index (χ4v) is 5.02. The van der Waals surface area contributed by atoms with Crippen molar-refractivity contribution in [3.63, 3.8) is 0 Å². The van der Waals surface area contributed by atoms with Gasteiger partial charge in [-0.3, -0.25) is 19.3 Å². The van der Waals surface area contributed by atoms with Crippen molar-refractivity contribution in [2.45, 2.75) is 46.1 Å². The van der Waals surface area contributed by atoms with E-state index in [1.807, 2.05) is 32.0 Å². The lowest BCUT2D eigenvalue weighted by atomic mass is 10.1. The van der Waals surface area contributed by atoms with Crippen LogP contribution < -0.4 is 16.4 Å². The summed E-state index contributed by atoms with van der Waals surface area (Å²) in [4.78, 5) is 40.0. The van der Waals surface area contributed by atoms with E-state index in [-0.39, 0.29) is 18.4 Å². The smallest absolute Gasteiger partial charge is 0.251 e. The van der Waals surface area contributed by atoms with E-state index in [2.05, 4.69) is 10.6 Å². The van der Waals surface area contributed by atoms with E-state index >= 15 is 0 Å². The number of hydrogen-bond acceptors (Lipinski definition) is 5. The molecular formula is C22H28N4O3S. The summed E-state index contributed by atoms with van der Waals surface area (Å²) in [6.45, 7) is 5.67. The van der Waals surface area contributed by atoms with Crippen molar-refractivity contribution in [1.82, 2.24) is 4.90 Å². The molecule has 1 aromatic heterocycles. The Labute approximate surface area is 180 Å². The summed E-state index contributed by atoms with van der Waals surface area (Å²) in [7, 11) is 1.72. The minimum absolute atomic E-state index is 0.0615. The zero-order chi connectivity index (χ0) is 22.0. The monoisotopic (exact) mass is 428 g/mol. The number of primary amides is 1. The Bertz CT molecular complexity index is 978. The number of benzene rings is 1. The summed E-state index contributed by atoms with van der Waals surface area (Å²) in [6.07, 6.45) is 2.72. The highest BCUT2D eigenvalue weighted by atomic mass is 32.1. The molecule has 1 heterocycles. The molecule has 30 heavy (non-hydrogen) atoms. The molecule has 8 heteroatoms. The quantitative estimate of drug-likeness (QED) is 0.631. The van der Waals surface area contributed by atoms with Crippen LogP contribution in [-0.4, -0.2) is 42.3 Å². The Morgan fingerprint density at radius 2 is 1.83 bits per heavy atom. The zero-order valence-corrected chi connectivity index (χ0v) is 18.6. The van der Waals surface area contributed by atoms with Crippen LogP contribution in [0.2, 0.25) is 0 Å². The largest absolute Gasteiger partial charge is 0.365 e. The van der Waals surface area contributed by atoms with Gasteiger partial charge in [0, 0.05) is 10.6 Å². The van der Waals surface area contributed by atoms with Crippen LogP contribution in [0.3, 0.4) is 0 Å². The van der Waals surface area contributed by atoms with Crippen molar-refractivity contribution >= 4 is 39.7 Å². The van der Waals surface area contributed by atoms with Gasteiger partial charge in [-0.05, 0) is 63.8 Å². The van der Waals surface area contributed by atoms with Gasteiger partial charge in [-0.2, -0.15) is 0 Å². The molecule has 1 atom stereocenters. The number of hydrogen-bond donors (Lipinski definition) is 3. The topological polar surface area (TPSA) is 105 Å². The second-order valence-electron chi connectivity index (χ2n) is 7.82. The van der Waals surface area contributed by atoms with E-state index in [0.29, 0.717) is 10.6 Å². The summed E-state index contributed by atoms with van der Waals surface area (Å²) in [5, 5.41) is 6.29. The van der Waals surface area contributed by atoms with Crippen molar-refractivity contribution in [2.24, 2.45) is 5.73 Å². The van der Waals surface area contributed by atoms with E-state index in [1.54, 1.807) is 18.9 Å². The Kier molecular flexibility index (Phi) is 6.58. The number of nitrogens with two attached hydrogens (primary N) is 1. The SMILES string of the molecule is Cc1cccc(C)c1NC(=O)CN(C)C(C)C(=O)Nc1sc2c(c1C(N)=O)CCC2. The average Bonchev–Trinajstić information content (AvgIpc) is 3.24. The number of anilines is 2. The third-order valence-electron chi connectivity index (χ3n) is 5.58. The van der Waals surface area contributed by atoms with Gasteiger partial charge in [-0.15, -0.1) is 11.3 Å². The molecular weight excluding hydrogens is 400 g/mol. The first kappa shape index (κ1) is 22.0. The standard InChI is InChI=1S/C22H28N4O3S/c1-12-7-5-8-13(2)19(12)24-17(27)11-26(4)14(3)21(29)25-22-18(20(23)28)15-9-6-10-16(15)30-22/h5,7-8,14H,6,9-11H2,1-4H3,(H2,23,28)(H,24,27)(H,25,29). The molecule has 0 aliphatic heterocycles. The number of fused-ring (bicyclic) bond motifs is 1. The highest BCUT2D eigenvalue weighted by Gasteiger charge is 2.28. The van der Waals surface area contributed by atoms with Crippen molar-refractivity contribution in [3.8, 4) is 0 Å². The van der Waals surface area contributed by atoms with Crippen LogP contribution in [0.15, 0.2) is 18.2 Å². The lowest BCUT2D eigenvalue weighted by Crippen LogP contribution is -2.43. The molecule has 3 rings (SSSR count). The van der Waals surface area contributed by atoms with E-state index in [0.717, 1.165) is 46.5 Å². The number of rotatable bonds is 7. The Hall–Kier alpha value is -2.71. The zero-order valence-electron chi connectivity index (χ0n) is 17.8. The molecule has 0 spiro atoms. The van der Waals surface area contributed by atoms with Crippen molar-refractivity contribution in [2.75, 3.05) is 24.2 Å². The van der Waals surface area contributed by atoms with Gasteiger partial charge in [0.05, 0.1) is 18.2 Å². The van der Waals surface area contributed by atoms with E-state index in [9.17, 15) is 14.4 Å². The van der Waals surface area contributed by atoms with Gasteiger partial charge in [0.25, 0.3) is 5.91 Å². The minimum Gasteiger partial charge on any atom is -0.365 e. The van der Waals surface area contributed by atoms with E-state index in [4.69, 9.17) is 5.73 Å². The lowest BCUT2D eigenvalue weighted by molar-refractivity contribution is -0.122. The van der Waals surface area contributed by atoms with E-state index in [1.165, 1.54) is 11.3 Å². The van der Waals surface area contributed by atoms with Gasteiger partial charge in [0.1, 0.15) is 5.00 Å². The molecule has 0 saturated heterocycles. The molecule has 0 saturated carbocycles. The molecule has 1 aromatic carbocycles. The third kappa shape index (κ3) is 4.55. The number of nitrogens with zero attached hydrogens (tertiary/aromatic N) is 1. The van der Waals surface area contributed by atoms with Gasteiger partial charge in [-0.1, -0.05) is 18.2 Å². The average molecular weight is 429 g/mol. The number of carbonyl (C=O) groups is 3. The number of carbonyl (C=O) groups excluding carboxylic acids is 3. The van der Waals surface area contributed by atoms with Crippen LogP contribution in [0, 0.1) is 13.8 Å². The van der Waals surface area contributed by atoms with Crippen LogP contribution >= 0.6 is 11.3 Å². The summed E-state index contributed by atoms with van der Waals surface area (Å²) < 4.78 is 0. The van der Waals surface area contributed by atoms with Crippen molar-refractivity contribution in [3.05, 3.63) is 45.3 Å². The van der Waals surface area contributed by atoms with Crippen LogP contribution in [0.25, 0.3) is 0 Å². The van der Waals surface area contributed by atoms with Crippen LogP contribution in [0.1, 0.15) is 45.3 Å². The van der Waals surface area contributed by atoms with Gasteiger partial charge < -0.3 is 16.4 Å². The molecule has 4 N–H and O–H groups in total. The molecule has 1 unspecified atom stereocenters. The maximum atomic E-state index is 12.8. The Balaban J connectivity index is 1.64. The first-order valence-electron chi connectivity index (χ1n) is 10.0. The highest BCUT2D eigenvalue weighted by molar-refractivity contribution is 7.17. The number of para-hydroxylation sites is 1. The fraction of sp³-hybridized carbons (Fsp3) is 0.409. The maximum absolute atomic E-state index is 12.8. The first-order chi connectivity index (χ1) is 14.2. The predicted molar refractivity (Wildman–Crippen MR) is 120 cm³/mol. The number of amides is 3. The molecule has 160 valence electrons. The highest BCUT2D eigenvalue weighted by Crippen LogP contribution is 2.38. The van der Waals surface area contributed by atoms with Gasteiger partial charge in [0.15, 0.2) is 0 Å². The molecule has 7 nitrogen and oxygen atoms in total. The minimum atomic E-state index is -0.564.